The number of rotatable bonds is 2. The Kier molecular flexibility index (Phi) is 2.49. The minimum Gasteiger partial charge on any atom is -0.352 e. The van der Waals surface area contributed by atoms with E-state index < -0.39 is 5.54 Å². The van der Waals surface area contributed by atoms with Crippen molar-refractivity contribution in [3.05, 3.63) is 0 Å². The van der Waals surface area contributed by atoms with Crippen molar-refractivity contribution >= 4 is 5.91 Å². The highest BCUT2D eigenvalue weighted by Gasteiger charge is 2.46. The van der Waals surface area contributed by atoms with Crippen LogP contribution in [0.3, 0.4) is 0 Å². The lowest BCUT2D eigenvalue weighted by atomic mass is 9.91. The highest BCUT2D eigenvalue weighted by Crippen LogP contribution is 2.32. The van der Waals surface area contributed by atoms with Gasteiger partial charge in [-0.3, -0.25) is 4.79 Å². The zero-order chi connectivity index (χ0) is 10.2. The second-order valence-corrected chi connectivity index (χ2v) is 4.75. The lowest BCUT2D eigenvalue weighted by molar-refractivity contribution is -0.124. The molecule has 0 aromatic carbocycles. The molecule has 0 spiro atoms. The normalized spacial score (nSPS) is 35.0. The Bertz CT molecular complexity index is 238. The molecule has 0 bridgehead atoms. The molecule has 0 saturated heterocycles. The molecule has 2 aliphatic carbocycles. The van der Waals surface area contributed by atoms with Gasteiger partial charge in [-0.2, -0.15) is 0 Å². The minimum atomic E-state index is -0.540. The van der Waals surface area contributed by atoms with Crippen LogP contribution >= 0.6 is 0 Å². The molecule has 2 unspecified atom stereocenters. The number of nitrogens with two attached hydrogens (primary N) is 2. The summed E-state index contributed by atoms with van der Waals surface area (Å²) in [5, 5.41) is 3.01. The second-order valence-electron chi connectivity index (χ2n) is 4.75. The molecule has 2 fully saturated rings. The molecule has 5 N–H and O–H groups in total. The summed E-state index contributed by atoms with van der Waals surface area (Å²) in [6.45, 7) is 0. The van der Waals surface area contributed by atoms with Crippen LogP contribution in [0.25, 0.3) is 0 Å². The van der Waals surface area contributed by atoms with Crippen molar-refractivity contribution in [2.75, 3.05) is 0 Å². The third-order valence-corrected chi connectivity index (χ3v) is 3.29. The van der Waals surface area contributed by atoms with Gasteiger partial charge < -0.3 is 16.8 Å². The third kappa shape index (κ3) is 2.07. The monoisotopic (exact) mass is 197 g/mol. The van der Waals surface area contributed by atoms with Gasteiger partial charge in [0.05, 0.1) is 5.54 Å². The second kappa shape index (κ2) is 3.51. The number of nitrogens with one attached hydrogen (secondary N) is 1. The van der Waals surface area contributed by atoms with E-state index in [4.69, 9.17) is 11.5 Å². The van der Waals surface area contributed by atoms with E-state index in [-0.39, 0.29) is 18.0 Å². The molecule has 2 atom stereocenters. The maximum absolute atomic E-state index is 11.6. The summed E-state index contributed by atoms with van der Waals surface area (Å²) in [7, 11) is 0. The minimum absolute atomic E-state index is 0.0246. The number of amides is 1. The van der Waals surface area contributed by atoms with Gasteiger partial charge in [0.15, 0.2) is 0 Å². The molecule has 0 heterocycles. The average Bonchev–Trinajstić information content (AvgIpc) is 2.85. The Hall–Kier alpha value is -0.610. The molecule has 1 amide bonds. The molecule has 4 nitrogen and oxygen atoms in total. The molecule has 2 rings (SSSR count). The van der Waals surface area contributed by atoms with E-state index in [1.807, 2.05) is 0 Å². The summed E-state index contributed by atoms with van der Waals surface area (Å²) in [4.78, 5) is 11.6. The number of hydrogen-bond donors (Lipinski definition) is 3. The molecule has 2 aliphatic rings. The van der Waals surface area contributed by atoms with Crippen LogP contribution in [0.1, 0.15) is 38.5 Å². The smallest absolute Gasteiger partial charge is 0.240 e. The summed E-state index contributed by atoms with van der Waals surface area (Å²) in [5.41, 5.74) is 11.1. The van der Waals surface area contributed by atoms with Gasteiger partial charge in [0.1, 0.15) is 0 Å². The van der Waals surface area contributed by atoms with Crippen LogP contribution in [0.5, 0.6) is 0 Å². The Morgan fingerprint density at radius 3 is 2.64 bits per heavy atom. The van der Waals surface area contributed by atoms with Crippen LogP contribution in [0.2, 0.25) is 0 Å². The zero-order valence-corrected chi connectivity index (χ0v) is 8.46. The van der Waals surface area contributed by atoms with E-state index in [0.29, 0.717) is 0 Å². The zero-order valence-electron chi connectivity index (χ0n) is 8.46. The SMILES string of the molecule is NC1CCCC(NC(=O)C2(N)CC2)C1. The van der Waals surface area contributed by atoms with Gasteiger partial charge in [-0.25, -0.2) is 0 Å². The Labute approximate surface area is 84.4 Å². The van der Waals surface area contributed by atoms with Crippen molar-refractivity contribution in [1.29, 1.82) is 0 Å². The summed E-state index contributed by atoms with van der Waals surface area (Å²) < 4.78 is 0. The van der Waals surface area contributed by atoms with Crippen molar-refractivity contribution in [2.24, 2.45) is 11.5 Å². The average molecular weight is 197 g/mol. The van der Waals surface area contributed by atoms with E-state index >= 15 is 0 Å². The first kappa shape index (κ1) is 9.93. The number of carbonyl (C=O) groups is 1. The van der Waals surface area contributed by atoms with Gasteiger partial charge >= 0.3 is 0 Å². The topological polar surface area (TPSA) is 81.1 Å². The summed E-state index contributed by atoms with van der Waals surface area (Å²) in [6, 6.07) is 0.509. The van der Waals surface area contributed by atoms with E-state index in [1.54, 1.807) is 0 Å². The van der Waals surface area contributed by atoms with Crippen LogP contribution < -0.4 is 16.8 Å². The number of hydrogen-bond acceptors (Lipinski definition) is 3. The van der Waals surface area contributed by atoms with Gasteiger partial charge in [0.2, 0.25) is 5.91 Å². The maximum atomic E-state index is 11.6. The molecular weight excluding hydrogens is 178 g/mol. The Morgan fingerprint density at radius 2 is 2.07 bits per heavy atom. The Morgan fingerprint density at radius 1 is 1.36 bits per heavy atom. The fourth-order valence-electron chi connectivity index (χ4n) is 2.05. The predicted molar refractivity (Wildman–Crippen MR) is 54.5 cm³/mol. The molecule has 80 valence electrons. The van der Waals surface area contributed by atoms with Crippen LogP contribution in [-0.2, 0) is 4.79 Å². The molecule has 4 heteroatoms. The van der Waals surface area contributed by atoms with Crippen molar-refractivity contribution in [1.82, 2.24) is 5.32 Å². The fraction of sp³-hybridized carbons (Fsp3) is 0.900. The first-order valence-corrected chi connectivity index (χ1v) is 5.45. The van der Waals surface area contributed by atoms with Gasteiger partial charge in [-0.15, -0.1) is 0 Å². The van der Waals surface area contributed by atoms with E-state index in [0.717, 1.165) is 38.5 Å². The highest BCUT2D eigenvalue weighted by molar-refractivity contribution is 5.89. The molecule has 0 aromatic heterocycles. The van der Waals surface area contributed by atoms with Gasteiger partial charge in [-0.05, 0) is 38.5 Å². The van der Waals surface area contributed by atoms with Crippen LogP contribution in [0.4, 0.5) is 0 Å². The Balaban J connectivity index is 1.81. The molecule has 0 aliphatic heterocycles. The van der Waals surface area contributed by atoms with Crippen molar-refractivity contribution < 1.29 is 4.79 Å². The van der Waals surface area contributed by atoms with Gasteiger partial charge in [-0.1, -0.05) is 0 Å². The first-order chi connectivity index (χ1) is 6.60. The van der Waals surface area contributed by atoms with Crippen LogP contribution in [-0.4, -0.2) is 23.5 Å². The fourth-order valence-corrected chi connectivity index (χ4v) is 2.05. The summed E-state index contributed by atoms with van der Waals surface area (Å²) in [5.74, 6) is 0.0246. The quantitative estimate of drug-likeness (QED) is 0.576. The van der Waals surface area contributed by atoms with E-state index in [1.165, 1.54) is 0 Å². The molecule has 2 saturated carbocycles. The predicted octanol–water partition coefficient (Wildman–Crippen LogP) is -0.136. The molecule has 0 radical (unpaired) electrons. The lowest BCUT2D eigenvalue weighted by Gasteiger charge is -2.28. The summed E-state index contributed by atoms with van der Waals surface area (Å²) in [6.07, 6.45) is 5.82. The maximum Gasteiger partial charge on any atom is 0.240 e. The van der Waals surface area contributed by atoms with Crippen molar-refractivity contribution in [3.8, 4) is 0 Å². The van der Waals surface area contributed by atoms with E-state index in [2.05, 4.69) is 5.32 Å². The van der Waals surface area contributed by atoms with E-state index in [9.17, 15) is 4.79 Å². The molecular formula is C10H19N3O. The molecule has 14 heavy (non-hydrogen) atoms. The summed E-state index contributed by atoms with van der Waals surface area (Å²) >= 11 is 0. The standard InChI is InChI=1S/C10H19N3O/c11-7-2-1-3-8(6-7)13-9(14)10(12)4-5-10/h7-8H,1-6,11-12H2,(H,13,14). The van der Waals surface area contributed by atoms with Crippen molar-refractivity contribution in [3.63, 3.8) is 0 Å². The van der Waals surface area contributed by atoms with Gasteiger partial charge in [0, 0.05) is 12.1 Å². The largest absolute Gasteiger partial charge is 0.352 e. The lowest BCUT2D eigenvalue weighted by Crippen LogP contribution is -2.49. The first-order valence-electron chi connectivity index (χ1n) is 5.45. The van der Waals surface area contributed by atoms with Crippen LogP contribution in [0.15, 0.2) is 0 Å². The highest BCUT2D eigenvalue weighted by atomic mass is 16.2. The molecule has 0 aromatic rings. The van der Waals surface area contributed by atoms with Crippen molar-refractivity contribution in [2.45, 2.75) is 56.1 Å². The van der Waals surface area contributed by atoms with Crippen LogP contribution in [0, 0.1) is 0 Å². The van der Waals surface area contributed by atoms with Gasteiger partial charge in [0.25, 0.3) is 0 Å². The number of carbonyl (C=O) groups excluding carboxylic acids is 1. The third-order valence-electron chi connectivity index (χ3n) is 3.29.